The van der Waals surface area contributed by atoms with Crippen molar-refractivity contribution in [2.24, 2.45) is 7.05 Å². The first-order valence-electron chi connectivity index (χ1n) is 9.18. The summed E-state index contributed by atoms with van der Waals surface area (Å²) >= 11 is 3.84. The van der Waals surface area contributed by atoms with Crippen LogP contribution in [0.4, 0.5) is 5.13 Å². The first-order valence-corrected chi connectivity index (χ1v) is 12.1. The van der Waals surface area contributed by atoms with Crippen molar-refractivity contribution in [2.75, 3.05) is 23.9 Å². The third kappa shape index (κ3) is 4.05. The Morgan fingerprint density at radius 2 is 2.22 bits per heavy atom. The lowest BCUT2D eigenvalue weighted by molar-refractivity contribution is -0.151. The van der Waals surface area contributed by atoms with Crippen LogP contribution < -0.4 is 10.6 Å². The van der Waals surface area contributed by atoms with Crippen LogP contribution >= 0.6 is 34.9 Å². The van der Waals surface area contributed by atoms with Crippen molar-refractivity contribution in [3.05, 3.63) is 22.3 Å². The highest BCUT2D eigenvalue weighted by Gasteiger charge is 2.54. The van der Waals surface area contributed by atoms with Crippen LogP contribution in [0.2, 0.25) is 0 Å². The van der Waals surface area contributed by atoms with Gasteiger partial charge in [0.25, 0.3) is 11.8 Å². The molecule has 2 aromatic heterocycles. The van der Waals surface area contributed by atoms with Crippen LogP contribution in [-0.2, 0) is 21.4 Å². The molecule has 170 valence electrons. The molecule has 1 saturated heterocycles. The highest BCUT2D eigenvalue weighted by atomic mass is 32.2. The summed E-state index contributed by atoms with van der Waals surface area (Å²) in [4.78, 5) is 42.4. The van der Waals surface area contributed by atoms with Crippen LogP contribution in [-0.4, -0.2) is 88.1 Å². The van der Waals surface area contributed by atoms with E-state index in [4.69, 9.17) is 0 Å². The van der Waals surface area contributed by atoms with Crippen LogP contribution in [0.25, 0.3) is 0 Å². The van der Waals surface area contributed by atoms with Gasteiger partial charge in [0.15, 0.2) is 11.2 Å². The highest BCUT2D eigenvalue weighted by molar-refractivity contribution is 8.01. The number of β-lactam (4-membered cyclic amide) rings is 1. The quantitative estimate of drug-likeness (QED) is 0.266. The monoisotopic (exact) mass is 498 g/mol. The van der Waals surface area contributed by atoms with Crippen LogP contribution in [0.15, 0.2) is 21.8 Å². The number of carbonyl (C=O) groups excluding carboxylic acids is 2. The van der Waals surface area contributed by atoms with Crippen molar-refractivity contribution < 1.29 is 24.6 Å². The van der Waals surface area contributed by atoms with E-state index in [9.17, 15) is 24.6 Å². The molecule has 16 heteroatoms. The number of hydrogen-bond donors (Lipinski definition) is 4. The third-order valence-corrected chi connectivity index (χ3v) is 8.08. The Bertz CT molecular complexity index is 1100. The van der Waals surface area contributed by atoms with E-state index in [1.165, 1.54) is 44.4 Å². The number of fused-ring (bicyclic) bond motifs is 1. The molecule has 3 atom stereocenters. The van der Waals surface area contributed by atoms with Crippen molar-refractivity contribution >= 4 is 57.8 Å². The first-order chi connectivity index (χ1) is 15.3. The van der Waals surface area contributed by atoms with Crippen LogP contribution in [0.5, 0.6) is 0 Å². The average molecular weight is 499 g/mol. The van der Waals surface area contributed by atoms with Crippen LogP contribution in [0.1, 0.15) is 11.8 Å². The Morgan fingerprint density at radius 1 is 1.44 bits per heavy atom. The molecule has 0 bridgehead atoms. The number of aliphatic hydroxyl groups is 1. The van der Waals surface area contributed by atoms with Gasteiger partial charge in [0.1, 0.15) is 17.1 Å². The van der Waals surface area contributed by atoms with Crippen molar-refractivity contribution in [3.8, 4) is 0 Å². The van der Waals surface area contributed by atoms with E-state index in [-0.39, 0.29) is 11.4 Å². The van der Waals surface area contributed by atoms with E-state index in [0.717, 1.165) is 0 Å². The molecule has 0 aliphatic carbocycles. The van der Waals surface area contributed by atoms with Gasteiger partial charge in [-0.1, -0.05) is 11.8 Å². The number of thiazole rings is 1. The minimum Gasteiger partial charge on any atom is -0.477 e. The summed E-state index contributed by atoms with van der Waals surface area (Å²) < 4.78 is 1.47. The van der Waals surface area contributed by atoms with E-state index in [0.29, 0.717) is 27.4 Å². The molecule has 13 nitrogen and oxygen atoms in total. The van der Waals surface area contributed by atoms with E-state index in [2.05, 4.69) is 31.1 Å². The minimum atomic E-state index is -1.54. The van der Waals surface area contributed by atoms with Gasteiger partial charge in [-0.2, -0.15) is 0 Å². The number of amides is 2. The summed E-state index contributed by atoms with van der Waals surface area (Å²) in [6, 6.07) is -0.934. The van der Waals surface area contributed by atoms with Gasteiger partial charge in [0, 0.05) is 31.0 Å². The summed E-state index contributed by atoms with van der Waals surface area (Å²) in [6.45, 7) is 0. The van der Waals surface area contributed by atoms with Gasteiger partial charge in [-0.3, -0.25) is 14.5 Å². The van der Waals surface area contributed by atoms with Gasteiger partial charge >= 0.3 is 5.97 Å². The summed E-state index contributed by atoms with van der Waals surface area (Å²) in [5, 5.41) is 38.5. The van der Waals surface area contributed by atoms with Crippen LogP contribution in [0, 0.1) is 0 Å². The lowest BCUT2D eigenvalue weighted by Crippen LogP contribution is -2.70. The van der Waals surface area contributed by atoms with Gasteiger partial charge in [-0.05, 0) is 16.0 Å². The Kier molecular flexibility index (Phi) is 6.36. The zero-order valence-electron chi connectivity index (χ0n) is 16.8. The molecule has 32 heavy (non-hydrogen) atoms. The molecule has 3 unspecified atom stereocenters. The number of hydrogen-bond acceptors (Lipinski definition) is 12. The smallest absolute Gasteiger partial charge is 0.352 e. The number of carbonyl (C=O) groups is 3. The number of aryl methyl sites for hydroxylation is 1. The largest absolute Gasteiger partial charge is 0.477 e. The molecule has 2 amide bonds. The Hall–Kier alpha value is -2.69. The average Bonchev–Trinajstić information content (AvgIpc) is 3.43. The summed E-state index contributed by atoms with van der Waals surface area (Å²) in [6.07, 6.45) is -1.54. The van der Waals surface area contributed by atoms with E-state index in [1.807, 2.05) is 0 Å². The molecule has 2 aromatic rings. The fourth-order valence-electron chi connectivity index (χ4n) is 3.18. The minimum absolute atomic E-state index is 0.0920. The molecule has 0 radical (unpaired) electrons. The van der Waals surface area contributed by atoms with Gasteiger partial charge in [-0.25, -0.2) is 14.5 Å². The molecule has 2 aliphatic heterocycles. The molecule has 2 aliphatic rings. The predicted molar refractivity (Wildman–Crippen MR) is 116 cm³/mol. The number of nitrogens with one attached hydrogen (secondary N) is 2. The Balaban J connectivity index is 1.45. The molecule has 4 rings (SSSR count). The van der Waals surface area contributed by atoms with Gasteiger partial charge in [-0.15, -0.1) is 28.2 Å². The molecule has 4 heterocycles. The predicted octanol–water partition coefficient (Wildman–Crippen LogP) is -0.727. The van der Waals surface area contributed by atoms with Gasteiger partial charge in [0.2, 0.25) is 5.16 Å². The summed E-state index contributed by atoms with van der Waals surface area (Å²) in [7, 11) is 3.34. The second-order valence-electron chi connectivity index (χ2n) is 6.76. The zero-order valence-corrected chi connectivity index (χ0v) is 19.2. The number of aliphatic carboxylic acids is 1. The van der Waals surface area contributed by atoms with Crippen molar-refractivity contribution in [1.82, 2.24) is 35.4 Å². The van der Waals surface area contributed by atoms with E-state index >= 15 is 0 Å². The second-order valence-corrected chi connectivity index (χ2v) is 9.66. The molecule has 0 spiro atoms. The van der Waals surface area contributed by atoms with Crippen molar-refractivity contribution in [2.45, 2.75) is 22.7 Å². The normalized spacial score (nSPS) is 21.1. The fourth-order valence-corrected chi connectivity index (χ4v) is 6.21. The van der Waals surface area contributed by atoms with Crippen LogP contribution in [0.3, 0.4) is 0 Å². The summed E-state index contributed by atoms with van der Waals surface area (Å²) in [5.41, 5.74) is 0.637. The lowest BCUT2D eigenvalue weighted by atomic mass is 10.0. The third-order valence-electron chi connectivity index (χ3n) is 4.77. The van der Waals surface area contributed by atoms with E-state index in [1.54, 1.807) is 19.5 Å². The number of aliphatic hydroxyl groups excluding tert-OH is 1. The number of rotatable bonds is 8. The standard InChI is InChI=1S/C16H18N8O5S3/c1-17-15-18-7(5-31-15)10(25)11(26)19-8-12(27)24-9(14(28)29)6(3-30-13(8)24)4-32-16-20-21-22-23(16)2/h5,8,10,13,25H,3-4H2,1-2H3,(H,17,18)(H,19,26)(H,28,29). The number of carboxylic acid groups (broad SMARTS) is 1. The molecule has 0 aromatic carbocycles. The Labute approximate surface area is 193 Å². The maximum atomic E-state index is 12.7. The molecule has 1 fully saturated rings. The number of thioether (sulfide) groups is 2. The SMILES string of the molecule is CNc1nc(C(O)C(=O)NC2C(=O)N3C(C(=O)O)=C(CSc4nnnn4C)CSC23)cs1. The maximum Gasteiger partial charge on any atom is 0.352 e. The van der Waals surface area contributed by atoms with Gasteiger partial charge < -0.3 is 20.8 Å². The number of tetrazole rings is 1. The maximum absolute atomic E-state index is 12.7. The molecule has 0 saturated carbocycles. The second kappa shape index (κ2) is 9.05. The summed E-state index contributed by atoms with van der Waals surface area (Å²) in [5.74, 6) is -1.87. The molecule has 4 N–H and O–H groups in total. The highest BCUT2D eigenvalue weighted by Crippen LogP contribution is 2.41. The lowest BCUT2D eigenvalue weighted by Gasteiger charge is -2.49. The topological polar surface area (TPSA) is 175 Å². The zero-order chi connectivity index (χ0) is 23.0. The van der Waals surface area contributed by atoms with Gasteiger partial charge in [0.05, 0.1) is 5.69 Å². The number of carboxylic acids is 1. The fraction of sp³-hybridized carbons (Fsp3) is 0.438. The van der Waals surface area contributed by atoms with Crippen molar-refractivity contribution in [3.63, 3.8) is 0 Å². The van der Waals surface area contributed by atoms with E-state index < -0.39 is 35.3 Å². The van der Waals surface area contributed by atoms with Crippen molar-refractivity contribution in [1.29, 1.82) is 0 Å². The number of nitrogens with zero attached hydrogens (tertiary/aromatic N) is 6. The molecular weight excluding hydrogens is 480 g/mol. The number of aromatic nitrogens is 5. The number of anilines is 1. The Morgan fingerprint density at radius 3 is 2.84 bits per heavy atom. The molecular formula is C16H18N8O5S3. The first kappa shape index (κ1) is 22.5.